The van der Waals surface area contributed by atoms with Gasteiger partial charge in [-0.25, -0.2) is 18.0 Å². The second-order valence-electron chi connectivity index (χ2n) is 5.49. The zero-order valence-electron chi connectivity index (χ0n) is 13.5. The monoisotopic (exact) mass is 336 g/mol. The zero-order chi connectivity index (χ0) is 17.7. The van der Waals surface area contributed by atoms with Gasteiger partial charge < -0.3 is 10.2 Å². The maximum atomic E-state index is 13.3. The summed E-state index contributed by atoms with van der Waals surface area (Å²) in [7, 11) is 0. The highest BCUT2D eigenvalue weighted by atomic mass is 19.2. The number of amides is 2. The van der Waals surface area contributed by atoms with Crippen LogP contribution < -0.4 is 5.32 Å². The molecule has 1 N–H and O–H groups in total. The standard InChI is InChI=1S/C18H19F3N2O/c1-3-23(11-13-5-4-6-15(19)9-13)18(24)22-12(2)14-7-8-16(20)17(21)10-14/h4-10,12H,3,11H2,1-2H3,(H,22,24). The predicted molar refractivity (Wildman–Crippen MR) is 85.8 cm³/mol. The van der Waals surface area contributed by atoms with Gasteiger partial charge in [0.1, 0.15) is 5.82 Å². The first-order valence-electron chi connectivity index (χ1n) is 7.65. The van der Waals surface area contributed by atoms with Gasteiger partial charge in [0.25, 0.3) is 0 Å². The van der Waals surface area contributed by atoms with Gasteiger partial charge in [-0.05, 0) is 49.2 Å². The fourth-order valence-electron chi connectivity index (χ4n) is 2.32. The summed E-state index contributed by atoms with van der Waals surface area (Å²) >= 11 is 0. The van der Waals surface area contributed by atoms with E-state index in [1.807, 2.05) is 0 Å². The molecule has 0 bridgehead atoms. The molecule has 0 aliphatic rings. The van der Waals surface area contributed by atoms with Crippen molar-refractivity contribution in [3.63, 3.8) is 0 Å². The number of benzene rings is 2. The molecule has 0 aliphatic heterocycles. The lowest BCUT2D eigenvalue weighted by Crippen LogP contribution is -2.40. The minimum atomic E-state index is -0.958. The van der Waals surface area contributed by atoms with Gasteiger partial charge in [-0.1, -0.05) is 18.2 Å². The largest absolute Gasteiger partial charge is 0.331 e. The third-order valence-electron chi connectivity index (χ3n) is 3.72. The topological polar surface area (TPSA) is 32.3 Å². The van der Waals surface area contributed by atoms with E-state index in [-0.39, 0.29) is 18.4 Å². The van der Waals surface area contributed by atoms with Gasteiger partial charge in [-0.2, -0.15) is 0 Å². The number of nitrogens with zero attached hydrogens (tertiary/aromatic N) is 1. The molecule has 0 aliphatic carbocycles. The third-order valence-corrected chi connectivity index (χ3v) is 3.72. The van der Waals surface area contributed by atoms with Crippen molar-refractivity contribution in [2.24, 2.45) is 0 Å². The molecule has 1 unspecified atom stereocenters. The van der Waals surface area contributed by atoms with E-state index in [2.05, 4.69) is 5.32 Å². The third kappa shape index (κ3) is 4.50. The van der Waals surface area contributed by atoms with Crippen LogP contribution in [-0.2, 0) is 6.54 Å². The SMILES string of the molecule is CCN(Cc1cccc(F)c1)C(=O)NC(C)c1ccc(F)c(F)c1. The number of nitrogens with one attached hydrogen (secondary N) is 1. The van der Waals surface area contributed by atoms with E-state index in [0.29, 0.717) is 17.7 Å². The summed E-state index contributed by atoms with van der Waals surface area (Å²) < 4.78 is 39.5. The van der Waals surface area contributed by atoms with Crippen molar-refractivity contribution < 1.29 is 18.0 Å². The first-order valence-corrected chi connectivity index (χ1v) is 7.65. The molecular weight excluding hydrogens is 317 g/mol. The van der Waals surface area contributed by atoms with Crippen LogP contribution in [0, 0.1) is 17.5 Å². The number of hydrogen-bond donors (Lipinski definition) is 1. The molecule has 0 fully saturated rings. The van der Waals surface area contributed by atoms with E-state index in [0.717, 1.165) is 12.1 Å². The number of urea groups is 1. The zero-order valence-corrected chi connectivity index (χ0v) is 13.5. The van der Waals surface area contributed by atoms with Gasteiger partial charge in [-0.3, -0.25) is 0 Å². The summed E-state index contributed by atoms with van der Waals surface area (Å²) in [5.74, 6) is -2.25. The summed E-state index contributed by atoms with van der Waals surface area (Å²) in [5, 5.41) is 2.73. The molecule has 2 aromatic rings. The second kappa shape index (κ2) is 7.86. The van der Waals surface area contributed by atoms with Crippen LogP contribution in [0.15, 0.2) is 42.5 Å². The molecule has 0 heterocycles. The molecule has 3 nitrogen and oxygen atoms in total. The number of halogens is 3. The van der Waals surface area contributed by atoms with Crippen molar-refractivity contribution >= 4 is 6.03 Å². The molecule has 2 rings (SSSR count). The van der Waals surface area contributed by atoms with Gasteiger partial charge >= 0.3 is 6.03 Å². The highest BCUT2D eigenvalue weighted by Gasteiger charge is 2.17. The normalized spacial score (nSPS) is 11.9. The fourth-order valence-corrected chi connectivity index (χ4v) is 2.32. The molecule has 128 valence electrons. The average molecular weight is 336 g/mol. The minimum Gasteiger partial charge on any atom is -0.331 e. The fraction of sp³-hybridized carbons (Fsp3) is 0.278. The van der Waals surface area contributed by atoms with Gasteiger partial charge in [0, 0.05) is 13.1 Å². The molecule has 0 saturated carbocycles. The number of hydrogen-bond acceptors (Lipinski definition) is 1. The molecule has 0 spiro atoms. The minimum absolute atomic E-state index is 0.255. The van der Waals surface area contributed by atoms with Crippen molar-refractivity contribution in [1.29, 1.82) is 0 Å². The quantitative estimate of drug-likeness (QED) is 0.862. The van der Waals surface area contributed by atoms with E-state index in [1.54, 1.807) is 26.0 Å². The van der Waals surface area contributed by atoms with Crippen molar-refractivity contribution in [2.45, 2.75) is 26.4 Å². The maximum Gasteiger partial charge on any atom is 0.318 e. The molecular formula is C18H19F3N2O. The highest BCUT2D eigenvalue weighted by molar-refractivity contribution is 5.74. The summed E-state index contributed by atoms with van der Waals surface area (Å²) in [5.41, 5.74) is 1.14. The van der Waals surface area contributed by atoms with E-state index in [9.17, 15) is 18.0 Å². The van der Waals surface area contributed by atoms with E-state index < -0.39 is 17.7 Å². The molecule has 2 amide bonds. The summed E-state index contributed by atoms with van der Waals surface area (Å²) in [6, 6.07) is 8.68. The molecule has 24 heavy (non-hydrogen) atoms. The lowest BCUT2D eigenvalue weighted by molar-refractivity contribution is 0.194. The Morgan fingerprint density at radius 1 is 1.12 bits per heavy atom. The lowest BCUT2D eigenvalue weighted by Gasteiger charge is -2.24. The molecule has 0 radical (unpaired) electrons. The van der Waals surface area contributed by atoms with Crippen molar-refractivity contribution in [2.75, 3.05) is 6.54 Å². The summed E-state index contributed by atoms with van der Waals surface area (Å²) in [6.45, 7) is 4.17. The Balaban J connectivity index is 2.04. The molecule has 1 atom stereocenters. The Hall–Kier alpha value is -2.50. The molecule has 0 aromatic heterocycles. The van der Waals surface area contributed by atoms with Crippen LogP contribution in [0.4, 0.5) is 18.0 Å². The summed E-state index contributed by atoms with van der Waals surface area (Å²) in [6.07, 6.45) is 0. The Labute approximate surface area is 139 Å². The average Bonchev–Trinajstić information content (AvgIpc) is 2.55. The van der Waals surface area contributed by atoms with Crippen molar-refractivity contribution in [3.8, 4) is 0 Å². The van der Waals surface area contributed by atoms with Crippen LogP contribution >= 0.6 is 0 Å². The van der Waals surface area contributed by atoms with Crippen molar-refractivity contribution in [3.05, 3.63) is 71.0 Å². The van der Waals surface area contributed by atoms with E-state index in [1.165, 1.54) is 23.1 Å². The smallest absolute Gasteiger partial charge is 0.318 e. The van der Waals surface area contributed by atoms with Crippen LogP contribution in [0.25, 0.3) is 0 Å². The van der Waals surface area contributed by atoms with Gasteiger partial charge in [0.15, 0.2) is 11.6 Å². The van der Waals surface area contributed by atoms with E-state index >= 15 is 0 Å². The lowest BCUT2D eigenvalue weighted by atomic mass is 10.1. The van der Waals surface area contributed by atoms with Crippen LogP contribution in [0.3, 0.4) is 0 Å². The number of carbonyl (C=O) groups is 1. The first-order chi connectivity index (χ1) is 11.4. The molecule has 6 heteroatoms. The second-order valence-corrected chi connectivity index (χ2v) is 5.49. The van der Waals surface area contributed by atoms with Crippen molar-refractivity contribution in [1.82, 2.24) is 10.2 Å². The number of rotatable bonds is 5. The van der Waals surface area contributed by atoms with Gasteiger partial charge in [0.2, 0.25) is 0 Å². The Morgan fingerprint density at radius 3 is 2.50 bits per heavy atom. The summed E-state index contributed by atoms with van der Waals surface area (Å²) in [4.78, 5) is 13.9. The maximum absolute atomic E-state index is 13.3. The van der Waals surface area contributed by atoms with Crippen LogP contribution in [-0.4, -0.2) is 17.5 Å². The van der Waals surface area contributed by atoms with Crippen LogP contribution in [0.5, 0.6) is 0 Å². The van der Waals surface area contributed by atoms with E-state index in [4.69, 9.17) is 0 Å². The highest BCUT2D eigenvalue weighted by Crippen LogP contribution is 2.16. The molecule has 0 saturated heterocycles. The molecule has 2 aromatic carbocycles. The Kier molecular flexibility index (Phi) is 5.84. The van der Waals surface area contributed by atoms with Crippen LogP contribution in [0.2, 0.25) is 0 Å². The van der Waals surface area contributed by atoms with Gasteiger partial charge in [-0.15, -0.1) is 0 Å². The Bertz CT molecular complexity index is 721. The van der Waals surface area contributed by atoms with Gasteiger partial charge in [0.05, 0.1) is 6.04 Å². The van der Waals surface area contributed by atoms with Crippen LogP contribution in [0.1, 0.15) is 31.0 Å². The number of carbonyl (C=O) groups excluding carboxylic acids is 1. The Morgan fingerprint density at radius 2 is 1.88 bits per heavy atom. The first kappa shape index (κ1) is 17.8. The predicted octanol–water partition coefficient (Wildman–Crippen LogP) is 4.40.